The van der Waals surface area contributed by atoms with Crippen LogP contribution in [0, 0.1) is 0 Å². The van der Waals surface area contributed by atoms with Gasteiger partial charge in [-0.15, -0.1) is 0 Å². The molecule has 1 aliphatic heterocycles. The van der Waals surface area contributed by atoms with Crippen LogP contribution in [0.1, 0.15) is 26.2 Å². The molecule has 122 valence electrons. The van der Waals surface area contributed by atoms with Crippen LogP contribution in [-0.2, 0) is 4.79 Å². The molecule has 2 rings (SSSR count). The van der Waals surface area contributed by atoms with Crippen molar-refractivity contribution in [3.63, 3.8) is 0 Å². The molecule has 1 aromatic rings. The Bertz CT molecular complexity index is 496. The Morgan fingerprint density at radius 1 is 1.41 bits per heavy atom. The molecule has 1 fully saturated rings. The summed E-state index contributed by atoms with van der Waals surface area (Å²) in [4.78, 5) is 14.6. The van der Waals surface area contributed by atoms with Crippen LogP contribution < -0.4 is 15.4 Å². The number of amides is 1. The summed E-state index contributed by atoms with van der Waals surface area (Å²) in [7, 11) is 4.02. The molecule has 1 aliphatic rings. The summed E-state index contributed by atoms with van der Waals surface area (Å²) in [5, 5.41) is 6.33. The first-order valence-electron chi connectivity index (χ1n) is 7.94. The van der Waals surface area contributed by atoms with Crippen LogP contribution >= 0.6 is 0 Å². The highest BCUT2D eigenvalue weighted by atomic mass is 16.5. The number of piperidine rings is 1. The maximum absolute atomic E-state index is 12.5. The molecule has 0 radical (unpaired) electrons. The highest BCUT2D eigenvalue weighted by molar-refractivity contribution is 5.98. The van der Waals surface area contributed by atoms with E-state index < -0.39 is 5.54 Å². The Balaban J connectivity index is 1.93. The van der Waals surface area contributed by atoms with Gasteiger partial charge in [-0.05, 0) is 59.0 Å². The first-order valence-corrected chi connectivity index (χ1v) is 7.94. The SMILES string of the molecule is CN(C)CCOc1cccc(NC(=O)C2(C)CCCCN2)c1. The molecule has 5 nitrogen and oxygen atoms in total. The molecule has 1 heterocycles. The maximum atomic E-state index is 12.5. The number of nitrogens with one attached hydrogen (secondary N) is 2. The molecule has 1 saturated heterocycles. The largest absolute Gasteiger partial charge is 0.492 e. The lowest BCUT2D eigenvalue weighted by atomic mass is 9.90. The van der Waals surface area contributed by atoms with Gasteiger partial charge in [-0.25, -0.2) is 0 Å². The van der Waals surface area contributed by atoms with Crippen molar-refractivity contribution < 1.29 is 9.53 Å². The zero-order valence-corrected chi connectivity index (χ0v) is 13.8. The number of ether oxygens (including phenoxy) is 1. The normalized spacial score (nSPS) is 21.6. The second kappa shape index (κ2) is 7.61. The van der Waals surface area contributed by atoms with Crippen molar-refractivity contribution in [2.75, 3.05) is 39.1 Å². The van der Waals surface area contributed by atoms with Gasteiger partial charge in [0.1, 0.15) is 12.4 Å². The molecule has 1 atom stereocenters. The lowest BCUT2D eigenvalue weighted by Gasteiger charge is -2.33. The lowest BCUT2D eigenvalue weighted by molar-refractivity contribution is -0.122. The zero-order chi connectivity index (χ0) is 16.0. The molecule has 2 N–H and O–H groups in total. The van der Waals surface area contributed by atoms with E-state index in [9.17, 15) is 4.79 Å². The van der Waals surface area contributed by atoms with Crippen molar-refractivity contribution in [3.05, 3.63) is 24.3 Å². The summed E-state index contributed by atoms with van der Waals surface area (Å²) in [5.41, 5.74) is 0.306. The number of nitrogens with zero attached hydrogens (tertiary/aromatic N) is 1. The third-order valence-corrected chi connectivity index (χ3v) is 4.02. The lowest BCUT2D eigenvalue weighted by Crippen LogP contribution is -2.54. The molecule has 0 saturated carbocycles. The van der Waals surface area contributed by atoms with E-state index in [1.54, 1.807) is 0 Å². The number of hydrogen-bond acceptors (Lipinski definition) is 4. The minimum absolute atomic E-state index is 0.0256. The van der Waals surface area contributed by atoms with Crippen LogP contribution in [0.2, 0.25) is 0 Å². The first-order chi connectivity index (χ1) is 10.5. The molecule has 1 aromatic carbocycles. The molecule has 22 heavy (non-hydrogen) atoms. The van der Waals surface area contributed by atoms with Gasteiger partial charge in [-0.3, -0.25) is 4.79 Å². The van der Waals surface area contributed by atoms with Gasteiger partial charge in [0.25, 0.3) is 0 Å². The predicted molar refractivity (Wildman–Crippen MR) is 89.4 cm³/mol. The van der Waals surface area contributed by atoms with E-state index in [2.05, 4.69) is 15.5 Å². The second-order valence-corrected chi connectivity index (χ2v) is 6.35. The highest BCUT2D eigenvalue weighted by Gasteiger charge is 2.34. The minimum atomic E-state index is -0.472. The van der Waals surface area contributed by atoms with Gasteiger partial charge >= 0.3 is 0 Å². The number of carbonyl (C=O) groups is 1. The summed E-state index contributed by atoms with van der Waals surface area (Å²) in [6.45, 7) is 4.36. The molecule has 0 bridgehead atoms. The van der Waals surface area contributed by atoms with Crippen LogP contribution in [-0.4, -0.2) is 50.1 Å². The van der Waals surface area contributed by atoms with Crippen LogP contribution in [0.15, 0.2) is 24.3 Å². The van der Waals surface area contributed by atoms with Gasteiger partial charge in [0.05, 0.1) is 5.54 Å². The van der Waals surface area contributed by atoms with Crippen molar-refractivity contribution in [2.24, 2.45) is 0 Å². The summed E-state index contributed by atoms with van der Waals surface area (Å²) in [6, 6.07) is 7.58. The van der Waals surface area contributed by atoms with E-state index >= 15 is 0 Å². The van der Waals surface area contributed by atoms with Crippen molar-refractivity contribution in [3.8, 4) is 5.75 Å². The zero-order valence-electron chi connectivity index (χ0n) is 13.8. The molecule has 1 amide bonds. The topological polar surface area (TPSA) is 53.6 Å². The van der Waals surface area contributed by atoms with Gasteiger partial charge in [0.2, 0.25) is 5.91 Å². The van der Waals surface area contributed by atoms with E-state index in [-0.39, 0.29) is 5.91 Å². The van der Waals surface area contributed by atoms with E-state index in [4.69, 9.17) is 4.74 Å². The Morgan fingerprint density at radius 2 is 2.23 bits per heavy atom. The van der Waals surface area contributed by atoms with Gasteiger partial charge < -0.3 is 20.3 Å². The molecule has 1 unspecified atom stereocenters. The van der Waals surface area contributed by atoms with Crippen molar-refractivity contribution >= 4 is 11.6 Å². The molecule has 5 heteroatoms. The van der Waals surface area contributed by atoms with Crippen molar-refractivity contribution in [1.29, 1.82) is 0 Å². The summed E-state index contributed by atoms with van der Waals surface area (Å²) >= 11 is 0. The maximum Gasteiger partial charge on any atom is 0.244 e. The number of rotatable bonds is 6. The Morgan fingerprint density at radius 3 is 2.91 bits per heavy atom. The standard InChI is InChI=1S/C17H27N3O2/c1-17(9-4-5-10-18-17)16(21)19-14-7-6-8-15(13-14)22-12-11-20(2)3/h6-8,13,18H,4-5,9-12H2,1-3H3,(H,19,21). The molecular formula is C17H27N3O2. The van der Waals surface area contributed by atoms with Crippen LogP contribution in [0.4, 0.5) is 5.69 Å². The third kappa shape index (κ3) is 4.71. The minimum Gasteiger partial charge on any atom is -0.492 e. The van der Waals surface area contributed by atoms with Gasteiger partial charge in [0.15, 0.2) is 0 Å². The van der Waals surface area contributed by atoms with Crippen molar-refractivity contribution in [2.45, 2.75) is 31.7 Å². The molecule has 0 aliphatic carbocycles. The van der Waals surface area contributed by atoms with Crippen LogP contribution in [0.5, 0.6) is 5.75 Å². The van der Waals surface area contributed by atoms with Crippen molar-refractivity contribution in [1.82, 2.24) is 10.2 Å². The number of anilines is 1. The number of carbonyl (C=O) groups excluding carboxylic acids is 1. The summed E-state index contributed by atoms with van der Waals surface area (Å²) < 4.78 is 5.70. The Hall–Kier alpha value is -1.59. The Kier molecular flexibility index (Phi) is 5.80. The average Bonchev–Trinajstić information content (AvgIpc) is 2.48. The van der Waals surface area contributed by atoms with E-state index in [0.717, 1.165) is 43.8 Å². The summed E-state index contributed by atoms with van der Waals surface area (Å²) in [6.07, 6.45) is 3.10. The molecular weight excluding hydrogens is 278 g/mol. The number of likely N-dealkylation sites (N-methyl/N-ethyl adjacent to an activating group) is 1. The fourth-order valence-corrected chi connectivity index (χ4v) is 2.53. The van der Waals surface area contributed by atoms with Gasteiger partial charge in [0, 0.05) is 18.3 Å². The van der Waals surface area contributed by atoms with Gasteiger partial charge in [-0.1, -0.05) is 6.07 Å². The van der Waals surface area contributed by atoms with E-state index in [0.29, 0.717) is 6.61 Å². The quantitative estimate of drug-likeness (QED) is 0.845. The Labute approximate surface area is 133 Å². The van der Waals surface area contributed by atoms with E-state index in [1.165, 1.54) is 0 Å². The van der Waals surface area contributed by atoms with E-state index in [1.807, 2.05) is 45.3 Å². The fourth-order valence-electron chi connectivity index (χ4n) is 2.53. The first kappa shape index (κ1) is 16.8. The predicted octanol–water partition coefficient (Wildman–Crippen LogP) is 2.10. The monoisotopic (exact) mass is 305 g/mol. The smallest absolute Gasteiger partial charge is 0.244 e. The summed E-state index contributed by atoms with van der Waals surface area (Å²) in [5.74, 6) is 0.805. The third-order valence-electron chi connectivity index (χ3n) is 4.02. The number of hydrogen-bond donors (Lipinski definition) is 2. The van der Waals surface area contributed by atoms with Crippen LogP contribution in [0.25, 0.3) is 0 Å². The fraction of sp³-hybridized carbons (Fsp3) is 0.588. The second-order valence-electron chi connectivity index (χ2n) is 6.35. The van der Waals surface area contributed by atoms with Gasteiger partial charge in [-0.2, -0.15) is 0 Å². The number of benzene rings is 1. The average molecular weight is 305 g/mol. The van der Waals surface area contributed by atoms with Crippen LogP contribution in [0.3, 0.4) is 0 Å². The highest BCUT2D eigenvalue weighted by Crippen LogP contribution is 2.22. The molecule has 0 spiro atoms. The molecule has 0 aromatic heterocycles.